The summed E-state index contributed by atoms with van der Waals surface area (Å²) in [6.07, 6.45) is 6.17. The summed E-state index contributed by atoms with van der Waals surface area (Å²) in [5.74, 6) is 0. The molecule has 0 aromatic heterocycles. The molecule has 1 fully saturated rings. The third-order valence-corrected chi connectivity index (χ3v) is 3.77. The minimum atomic E-state index is -0.0363. The number of rotatable bonds is 3. The van der Waals surface area contributed by atoms with Crippen LogP contribution >= 0.6 is 0 Å². The Balaban J connectivity index is 2.24. The highest BCUT2D eigenvalue weighted by Crippen LogP contribution is 2.39. The Morgan fingerprint density at radius 2 is 1.75 bits per heavy atom. The highest BCUT2D eigenvalue weighted by molar-refractivity contribution is 5.27. The Kier molecular flexibility index (Phi) is 3.62. The van der Waals surface area contributed by atoms with Crippen LogP contribution in [0.3, 0.4) is 0 Å². The van der Waals surface area contributed by atoms with Gasteiger partial charge in [0.05, 0.1) is 5.60 Å². The third kappa shape index (κ3) is 2.13. The molecule has 1 aliphatic rings. The van der Waals surface area contributed by atoms with Gasteiger partial charge < -0.3 is 10.5 Å². The van der Waals surface area contributed by atoms with Crippen molar-refractivity contribution < 1.29 is 4.74 Å². The average Bonchev–Trinajstić information content (AvgIpc) is 2.39. The number of methoxy groups -OCH3 is 1. The van der Waals surface area contributed by atoms with Crippen molar-refractivity contribution in [1.82, 2.24) is 0 Å². The van der Waals surface area contributed by atoms with Crippen molar-refractivity contribution in [3.8, 4) is 0 Å². The van der Waals surface area contributed by atoms with Gasteiger partial charge in [0.25, 0.3) is 0 Å². The zero-order valence-electron chi connectivity index (χ0n) is 10.0. The van der Waals surface area contributed by atoms with Crippen LogP contribution in [0.25, 0.3) is 0 Å². The van der Waals surface area contributed by atoms with Crippen LogP contribution in [0.4, 0.5) is 0 Å². The maximum absolute atomic E-state index is 5.81. The van der Waals surface area contributed by atoms with Crippen molar-refractivity contribution in [2.24, 2.45) is 5.73 Å². The summed E-state index contributed by atoms with van der Waals surface area (Å²) < 4.78 is 5.81. The Morgan fingerprint density at radius 1 is 1.12 bits per heavy atom. The minimum absolute atomic E-state index is 0.0363. The van der Waals surface area contributed by atoms with E-state index in [0.717, 1.165) is 12.8 Å². The molecule has 0 unspecified atom stereocenters. The van der Waals surface area contributed by atoms with Crippen molar-refractivity contribution >= 4 is 0 Å². The lowest BCUT2D eigenvalue weighted by molar-refractivity contribution is -0.0445. The van der Waals surface area contributed by atoms with Crippen LogP contribution in [-0.4, -0.2) is 7.11 Å². The average molecular weight is 219 g/mol. The lowest BCUT2D eigenvalue weighted by Crippen LogP contribution is -2.31. The van der Waals surface area contributed by atoms with E-state index in [9.17, 15) is 0 Å². The molecular weight excluding hydrogens is 198 g/mol. The SMILES string of the molecule is COC1(c2ccc(CN)cc2)CCCCC1. The van der Waals surface area contributed by atoms with E-state index >= 15 is 0 Å². The van der Waals surface area contributed by atoms with Gasteiger partial charge in [-0.25, -0.2) is 0 Å². The third-order valence-electron chi connectivity index (χ3n) is 3.77. The summed E-state index contributed by atoms with van der Waals surface area (Å²) in [6, 6.07) is 8.59. The van der Waals surface area contributed by atoms with Gasteiger partial charge in [0, 0.05) is 13.7 Å². The van der Waals surface area contributed by atoms with E-state index in [-0.39, 0.29) is 5.60 Å². The first kappa shape index (κ1) is 11.6. The Morgan fingerprint density at radius 3 is 2.25 bits per heavy atom. The highest BCUT2D eigenvalue weighted by Gasteiger charge is 2.33. The van der Waals surface area contributed by atoms with Crippen molar-refractivity contribution in [3.63, 3.8) is 0 Å². The van der Waals surface area contributed by atoms with E-state index in [1.165, 1.54) is 30.4 Å². The summed E-state index contributed by atoms with van der Waals surface area (Å²) in [4.78, 5) is 0. The van der Waals surface area contributed by atoms with Crippen LogP contribution in [0.2, 0.25) is 0 Å². The fourth-order valence-electron chi connectivity index (χ4n) is 2.68. The van der Waals surface area contributed by atoms with Gasteiger partial charge in [-0.05, 0) is 24.0 Å². The molecule has 16 heavy (non-hydrogen) atoms. The van der Waals surface area contributed by atoms with Crippen LogP contribution in [0.5, 0.6) is 0 Å². The zero-order valence-corrected chi connectivity index (χ0v) is 10.0. The monoisotopic (exact) mass is 219 g/mol. The van der Waals surface area contributed by atoms with Crippen molar-refractivity contribution in [3.05, 3.63) is 35.4 Å². The summed E-state index contributed by atoms with van der Waals surface area (Å²) in [7, 11) is 1.84. The smallest absolute Gasteiger partial charge is 0.0927 e. The van der Waals surface area contributed by atoms with E-state index in [4.69, 9.17) is 10.5 Å². The molecule has 0 heterocycles. The summed E-state index contributed by atoms with van der Waals surface area (Å²) in [6.45, 7) is 0.611. The predicted octanol–water partition coefficient (Wildman–Crippen LogP) is 2.95. The van der Waals surface area contributed by atoms with Gasteiger partial charge in [-0.2, -0.15) is 0 Å². The first-order valence-electron chi connectivity index (χ1n) is 6.15. The highest BCUT2D eigenvalue weighted by atomic mass is 16.5. The number of ether oxygens (including phenoxy) is 1. The number of hydrogen-bond donors (Lipinski definition) is 1. The zero-order chi connectivity index (χ0) is 11.4. The first-order chi connectivity index (χ1) is 7.80. The van der Waals surface area contributed by atoms with Crippen LogP contribution < -0.4 is 5.73 Å². The summed E-state index contributed by atoms with van der Waals surface area (Å²) >= 11 is 0. The quantitative estimate of drug-likeness (QED) is 0.848. The molecule has 2 nitrogen and oxygen atoms in total. The Labute approximate surface area is 97.8 Å². The van der Waals surface area contributed by atoms with Gasteiger partial charge in [-0.1, -0.05) is 43.5 Å². The molecule has 1 aromatic carbocycles. The van der Waals surface area contributed by atoms with Crippen molar-refractivity contribution in [1.29, 1.82) is 0 Å². The largest absolute Gasteiger partial charge is 0.374 e. The van der Waals surface area contributed by atoms with E-state index in [0.29, 0.717) is 6.54 Å². The summed E-state index contributed by atoms with van der Waals surface area (Å²) in [5.41, 5.74) is 8.07. The molecule has 0 aliphatic heterocycles. The van der Waals surface area contributed by atoms with Gasteiger partial charge in [0.15, 0.2) is 0 Å². The topological polar surface area (TPSA) is 35.2 Å². The lowest BCUT2D eigenvalue weighted by atomic mass is 9.79. The Hall–Kier alpha value is -0.860. The second-order valence-corrected chi connectivity index (χ2v) is 4.66. The van der Waals surface area contributed by atoms with Gasteiger partial charge in [0.1, 0.15) is 0 Å². The van der Waals surface area contributed by atoms with E-state index in [2.05, 4.69) is 24.3 Å². The minimum Gasteiger partial charge on any atom is -0.374 e. The lowest BCUT2D eigenvalue weighted by Gasteiger charge is -2.36. The fourth-order valence-corrected chi connectivity index (χ4v) is 2.68. The molecule has 88 valence electrons. The van der Waals surface area contributed by atoms with Crippen LogP contribution in [-0.2, 0) is 16.9 Å². The molecule has 2 rings (SSSR count). The standard InChI is InChI=1S/C14H21NO/c1-16-14(9-3-2-4-10-14)13-7-5-12(11-15)6-8-13/h5-8H,2-4,9-11,15H2,1H3. The predicted molar refractivity (Wildman–Crippen MR) is 66.1 cm³/mol. The molecule has 0 atom stereocenters. The molecule has 2 N–H and O–H groups in total. The van der Waals surface area contributed by atoms with Gasteiger partial charge >= 0.3 is 0 Å². The normalized spacial score (nSPS) is 19.6. The van der Waals surface area contributed by atoms with Crippen molar-refractivity contribution in [2.75, 3.05) is 7.11 Å². The molecular formula is C14H21NO. The Bertz CT molecular complexity index is 325. The number of nitrogens with two attached hydrogens (primary N) is 1. The molecule has 0 amide bonds. The molecule has 1 saturated carbocycles. The second kappa shape index (κ2) is 4.98. The van der Waals surface area contributed by atoms with E-state index in [1.54, 1.807) is 0 Å². The summed E-state index contributed by atoms with van der Waals surface area (Å²) in [5, 5.41) is 0. The van der Waals surface area contributed by atoms with Gasteiger partial charge in [-0.3, -0.25) is 0 Å². The number of benzene rings is 1. The van der Waals surface area contributed by atoms with Crippen LogP contribution in [0, 0.1) is 0 Å². The maximum Gasteiger partial charge on any atom is 0.0927 e. The van der Waals surface area contributed by atoms with Crippen molar-refractivity contribution in [2.45, 2.75) is 44.2 Å². The molecule has 0 spiro atoms. The molecule has 2 heteroatoms. The second-order valence-electron chi connectivity index (χ2n) is 4.66. The first-order valence-corrected chi connectivity index (χ1v) is 6.15. The van der Waals surface area contributed by atoms with Gasteiger partial charge in [-0.15, -0.1) is 0 Å². The van der Waals surface area contributed by atoms with E-state index in [1.807, 2.05) is 7.11 Å². The fraction of sp³-hybridized carbons (Fsp3) is 0.571. The molecule has 0 bridgehead atoms. The maximum atomic E-state index is 5.81. The van der Waals surface area contributed by atoms with Crippen LogP contribution in [0.1, 0.15) is 43.2 Å². The van der Waals surface area contributed by atoms with E-state index < -0.39 is 0 Å². The molecule has 0 saturated heterocycles. The molecule has 1 aromatic rings. The molecule has 0 radical (unpaired) electrons. The molecule has 1 aliphatic carbocycles. The number of hydrogen-bond acceptors (Lipinski definition) is 2. The van der Waals surface area contributed by atoms with Gasteiger partial charge in [0.2, 0.25) is 0 Å². The van der Waals surface area contributed by atoms with Crippen LogP contribution in [0.15, 0.2) is 24.3 Å².